The molecule has 0 saturated heterocycles. The summed E-state index contributed by atoms with van der Waals surface area (Å²) in [7, 11) is 0. The Morgan fingerprint density at radius 2 is 2.00 bits per heavy atom. The topological polar surface area (TPSA) is 59.8 Å². The van der Waals surface area contributed by atoms with Gasteiger partial charge in [-0.3, -0.25) is 4.79 Å². The van der Waals surface area contributed by atoms with Gasteiger partial charge in [0.15, 0.2) is 6.54 Å². The van der Waals surface area contributed by atoms with Gasteiger partial charge in [-0.05, 0) is 24.5 Å². The average Bonchev–Trinajstić information content (AvgIpc) is 3.06. The zero-order valence-corrected chi connectivity index (χ0v) is 16.9. The molecule has 1 aromatic heterocycles. The van der Waals surface area contributed by atoms with Crippen molar-refractivity contribution in [3.05, 3.63) is 51.9 Å². The van der Waals surface area contributed by atoms with Crippen molar-refractivity contribution in [3.8, 4) is 0 Å². The summed E-state index contributed by atoms with van der Waals surface area (Å²) in [5.41, 5.74) is 3.15. The highest BCUT2D eigenvalue weighted by Gasteiger charge is 2.24. The number of esters is 1. The Hall–Kier alpha value is -2.18. The predicted molar refractivity (Wildman–Crippen MR) is 108 cm³/mol. The van der Waals surface area contributed by atoms with E-state index >= 15 is 0 Å². The summed E-state index contributed by atoms with van der Waals surface area (Å²) in [6.07, 6.45) is 0.989. The first-order valence-corrected chi connectivity index (χ1v) is 10.3. The smallest absolute Gasteiger partial charge is 0.341 e. The Morgan fingerprint density at radius 1 is 1.26 bits per heavy atom. The summed E-state index contributed by atoms with van der Waals surface area (Å²) in [5, 5.41) is 3.55. The van der Waals surface area contributed by atoms with E-state index in [1.54, 1.807) is 6.92 Å². The largest absolute Gasteiger partial charge is 0.462 e. The van der Waals surface area contributed by atoms with Gasteiger partial charge in [-0.25, -0.2) is 4.79 Å². The number of rotatable bonds is 6. The van der Waals surface area contributed by atoms with E-state index in [9.17, 15) is 9.59 Å². The molecule has 0 spiro atoms. The molecule has 5 nitrogen and oxygen atoms in total. The zero-order chi connectivity index (χ0) is 19.4. The number of carbonyl (C=O) groups excluding carboxylic acids is 2. The molecular formula is C21H27N2O3S+. The first-order chi connectivity index (χ1) is 13.0. The first-order valence-electron chi connectivity index (χ1n) is 9.49. The van der Waals surface area contributed by atoms with Crippen molar-refractivity contribution >= 4 is 28.2 Å². The van der Waals surface area contributed by atoms with Crippen LogP contribution in [0, 0.1) is 0 Å². The normalized spacial score (nSPS) is 16.1. The van der Waals surface area contributed by atoms with Gasteiger partial charge >= 0.3 is 5.97 Å². The lowest BCUT2D eigenvalue weighted by atomic mass is 10.00. The lowest BCUT2D eigenvalue weighted by Crippen LogP contribution is -3.12. The van der Waals surface area contributed by atoms with Crippen LogP contribution in [0.5, 0.6) is 0 Å². The van der Waals surface area contributed by atoms with Crippen molar-refractivity contribution < 1.29 is 19.2 Å². The van der Waals surface area contributed by atoms with Crippen LogP contribution in [0.2, 0.25) is 0 Å². The fourth-order valence-corrected chi connectivity index (χ4v) is 4.40. The fourth-order valence-electron chi connectivity index (χ4n) is 3.34. The maximum absolute atomic E-state index is 12.6. The number of anilines is 1. The minimum Gasteiger partial charge on any atom is -0.462 e. The molecule has 1 aromatic carbocycles. The molecule has 3 rings (SSSR count). The van der Waals surface area contributed by atoms with Crippen LogP contribution in [0.4, 0.5) is 5.00 Å². The van der Waals surface area contributed by atoms with Gasteiger partial charge in [0.05, 0.1) is 18.7 Å². The summed E-state index contributed by atoms with van der Waals surface area (Å²) >= 11 is 1.46. The van der Waals surface area contributed by atoms with Gasteiger partial charge in [0.25, 0.3) is 5.91 Å². The summed E-state index contributed by atoms with van der Waals surface area (Å²) in [6.45, 7) is 8.43. The van der Waals surface area contributed by atoms with Crippen molar-refractivity contribution in [2.24, 2.45) is 0 Å². The van der Waals surface area contributed by atoms with Crippen LogP contribution in [0.3, 0.4) is 0 Å². The monoisotopic (exact) mass is 387 g/mol. The third-order valence-corrected chi connectivity index (χ3v) is 6.14. The number of carbonyl (C=O) groups is 2. The van der Waals surface area contributed by atoms with Crippen LogP contribution < -0.4 is 10.2 Å². The van der Waals surface area contributed by atoms with E-state index in [1.165, 1.54) is 27.4 Å². The van der Waals surface area contributed by atoms with Crippen LogP contribution in [0.15, 0.2) is 30.3 Å². The molecule has 2 aromatic rings. The number of fused-ring (bicyclic) bond motifs is 1. The minimum absolute atomic E-state index is 0.0629. The molecule has 0 bridgehead atoms. The Kier molecular flexibility index (Phi) is 6.29. The van der Waals surface area contributed by atoms with Gasteiger partial charge in [-0.1, -0.05) is 38.1 Å². The van der Waals surface area contributed by atoms with Gasteiger partial charge in [0.1, 0.15) is 11.5 Å². The second kappa shape index (κ2) is 8.67. The Balaban J connectivity index is 1.68. The molecule has 2 heterocycles. The van der Waals surface area contributed by atoms with E-state index in [0.717, 1.165) is 24.4 Å². The van der Waals surface area contributed by atoms with E-state index in [0.29, 0.717) is 23.7 Å². The highest BCUT2D eigenvalue weighted by Crippen LogP contribution is 2.33. The highest BCUT2D eigenvalue weighted by molar-refractivity contribution is 7.16. The van der Waals surface area contributed by atoms with E-state index in [2.05, 4.69) is 37.4 Å². The third-order valence-electron chi connectivity index (χ3n) is 4.79. The predicted octanol–water partition coefficient (Wildman–Crippen LogP) is 2.63. The fraction of sp³-hybridized carbons (Fsp3) is 0.429. The molecule has 0 saturated carbocycles. The van der Waals surface area contributed by atoms with E-state index in [-0.39, 0.29) is 17.8 Å². The van der Waals surface area contributed by atoms with Crippen LogP contribution in [0.25, 0.3) is 0 Å². The van der Waals surface area contributed by atoms with Crippen molar-refractivity contribution in [1.29, 1.82) is 0 Å². The molecule has 1 amide bonds. The summed E-state index contributed by atoms with van der Waals surface area (Å²) < 4.78 is 5.14. The molecule has 1 aliphatic heterocycles. The summed E-state index contributed by atoms with van der Waals surface area (Å²) in [4.78, 5) is 27.2. The lowest BCUT2D eigenvalue weighted by molar-refractivity contribution is -0.907. The van der Waals surface area contributed by atoms with Gasteiger partial charge in [0.2, 0.25) is 0 Å². The van der Waals surface area contributed by atoms with Gasteiger partial charge in [-0.15, -0.1) is 11.3 Å². The molecule has 1 unspecified atom stereocenters. The molecular weight excluding hydrogens is 360 g/mol. The van der Waals surface area contributed by atoms with Crippen molar-refractivity contribution in [1.82, 2.24) is 0 Å². The number of benzene rings is 1. The number of nitrogens with one attached hydrogen (secondary N) is 2. The summed E-state index contributed by atoms with van der Waals surface area (Å²) in [5.74, 6) is -0.152. The molecule has 0 radical (unpaired) electrons. The van der Waals surface area contributed by atoms with Crippen molar-refractivity contribution in [3.63, 3.8) is 0 Å². The third kappa shape index (κ3) is 4.76. The Bertz CT molecular complexity index is 829. The molecule has 0 aliphatic carbocycles. The number of ether oxygens (including phenoxy) is 1. The number of hydrogen-bond donors (Lipinski definition) is 2. The Morgan fingerprint density at radius 3 is 2.70 bits per heavy atom. The standard InChI is InChI=1S/C21H26N2O3S/c1-4-26-21(25)17-11-18(14(2)3)27-20(17)22-19(24)13-23-10-9-15-7-5-6-8-16(15)12-23/h5-8,11,14H,4,9-10,12-13H2,1-3H3,(H,22,24)/p+1. The molecule has 144 valence electrons. The highest BCUT2D eigenvalue weighted by atomic mass is 32.1. The summed E-state index contributed by atoms with van der Waals surface area (Å²) in [6, 6.07) is 10.3. The van der Waals surface area contributed by atoms with Gasteiger partial charge in [-0.2, -0.15) is 0 Å². The van der Waals surface area contributed by atoms with E-state index < -0.39 is 0 Å². The second-order valence-corrected chi connectivity index (χ2v) is 8.27. The number of quaternary nitrogens is 1. The van der Waals surface area contributed by atoms with E-state index in [1.807, 2.05) is 12.1 Å². The number of amides is 1. The molecule has 1 aliphatic rings. The van der Waals surface area contributed by atoms with Crippen LogP contribution in [-0.2, 0) is 22.5 Å². The lowest BCUT2D eigenvalue weighted by Gasteiger charge is -2.25. The SMILES string of the molecule is CCOC(=O)c1cc(C(C)C)sc1NC(=O)C[NH+]1CCc2ccccc2C1. The van der Waals surface area contributed by atoms with Gasteiger partial charge in [0, 0.05) is 16.9 Å². The quantitative estimate of drug-likeness (QED) is 0.749. The number of thiophene rings is 1. The van der Waals surface area contributed by atoms with Crippen LogP contribution >= 0.6 is 11.3 Å². The first kappa shape index (κ1) is 19.6. The molecule has 1 atom stereocenters. The maximum atomic E-state index is 12.6. The van der Waals surface area contributed by atoms with Crippen molar-refractivity contribution in [2.45, 2.75) is 39.7 Å². The average molecular weight is 388 g/mol. The maximum Gasteiger partial charge on any atom is 0.341 e. The van der Waals surface area contributed by atoms with E-state index in [4.69, 9.17) is 4.74 Å². The number of hydrogen-bond acceptors (Lipinski definition) is 4. The second-order valence-electron chi connectivity index (χ2n) is 7.19. The minimum atomic E-state index is -0.379. The molecule has 6 heteroatoms. The zero-order valence-electron chi connectivity index (χ0n) is 16.1. The van der Waals surface area contributed by atoms with Gasteiger partial charge < -0.3 is 15.0 Å². The van der Waals surface area contributed by atoms with Crippen LogP contribution in [-0.4, -0.2) is 31.6 Å². The molecule has 0 fully saturated rings. The molecule has 2 N–H and O–H groups in total. The Labute approximate surface area is 164 Å². The molecule has 27 heavy (non-hydrogen) atoms. The van der Waals surface area contributed by atoms with Crippen molar-refractivity contribution in [2.75, 3.05) is 25.0 Å². The van der Waals surface area contributed by atoms with Crippen LogP contribution in [0.1, 0.15) is 53.1 Å².